The quantitative estimate of drug-likeness (QED) is 0.688. The molecule has 3 atom stereocenters. The van der Waals surface area contributed by atoms with Crippen LogP contribution in [0, 0.1) is 11.8 Å². The molecule has 0 bridgehead atoms. The van der Waals surface area contributed by atoms with Gasteiger partial charge in [-0.15, -0.1) is 0 Å². The van der Waals surface area contributed by atoms with Gasteiger partial charge in [0.25, 0.3) is 0 Å². The minimum Gasteiger partial charge on any atom is -0.481 e. The van der Waals surface area contributed by atoms with Crippen molar-refractivity contribution in [1.82, 2.24) is 0 Å². The van der Waals surface area contributed by atoms with E-state index in [4.69, 9.17) is 10.8 Å². The summed E-state index contributed by atoms with van der Waals surface area (Å²) in [7, 11) is 0. The lowest BCUT2D eigenvalue weighted by molar-refractivity contribution is -0.204. The topological polar surface area (TPSA) is 63.3 Å². The second kappa shape index (κ2) is 3.76. The molecular weight excluding hydrogens is 199 g/mol. The second-order valence-corrected chi connectivity index (χ2v) is 3.67. The number of aliphatic carboxylic acids is 1. The summed E-state index contributed by atoms with van der Waals surface area (Å²) < 4.78 is 37.2. The molecule has 0 aromatic rings. The van der Waals surface area contributed by atoms with E-state index in [-0.39, 0.29) is 12.8 Å². The van der Waals surface area contributed by atoms with Crippen LogP contribution in [0.4, 0.5) is 13.2 Å². The molecule has 1 aliphatic carbocycles. The molecule has 14 heavy (non-hydrogen) atoms. The van der Waals surface area contributed by atoms with Gasteiger partial charge in [0.15, 0.2) is 0 Å². The SMILES string of the molecule is NC1CCC(C(=O)O)C(C(F)(F)F)C1. The van der Waals surface area contributed by atoms with Crippen LogP contribution in [0.2, 0.25) is 0 Å². The number of carbonyl (C=O) groups is 1. The van der Waals surface area contributed by atoms with Crippen molar-refractivity contribution in [1.29, 1.82) is 0 Å². The molecule has 0 heterocycles. The summed E-state index contributed by atoms with van der Waals surface area (Å²) in [5.41, 5.74) is 5.39. The average molecular weight is 211 g/mol. The van der Waals surface area contributed by atoms with Crippen molar-refractivity contribution in [2.24, 2.45) is 17.6 Å². The summed E-state index contributed by atoms with van der Waals surface area (Å²) in [5, 5.41) is 8.62. The fourth-order valence-electron chi connectivity index (χ4n) is 1.86. The molecule has 3 unspecified atom stereocenters. The van der Waals surface area contributed by atoms with Gasteiger partial charge in [-0.3, -0.25) is 4.79 Å². The molecule has 3 N–H and O–H groups in total. The van der Waals surface area contributed by atoms with E-state index in [1.807, 2.05) is 0 Å². The Morgan fingerprint density at radius 1 is 1.36 bits per heavy atom. The van der Waals surface area contributed by atoms with Crippen LogP contribution in [-0.4, -0.2) is 23.3 Å². The van der Waals surface area contributed by atoms with Gasteiger partial charge in [0.2, 0.25) is 0 Å². The summed E-state index contributed by atoms with van der Waals surface area (Å²) in [5.74, 6) is -4.49. The summed E-state index contributed by atoms with van der Waals surface area (Å²) in [6.07, 6.45) is -4.37. The number of halogens is 3. The molecule has 0 saturated heterocycles. The van der Waals surface area contributed by atoms with Crippen molar-refractivity contribution >= 4 is 5.97 Å². The minimum atomic E-state index is -4.46. The molecule has 1 rings (SSSR count). The minimum absolute atomic E-state index is 0.0146. The van der Waals surface area contributed by atoms with Crippen molar-refractivity contribution in [2.75, 3.05) is 0 Å². The fourth-order valence-corrected chi connectivity index (χ4v) is 1.86. The van der Waals surface area contributed by atoms with E-state index >= 15 is 0 Å². The molecule has 0 amide bonds. The molecule has 3 nitrogen and oxygen atoms in total. The van der Waals surface area contributed by atoms with Crippen LogP contribution in [0.15, 0.2) is 0 Å². The summed E-state index contributed by atoms with van der Waals surface area (Å²) >= 11 is 0. The van der Waals surface area contributed by atoms with Crippen LogP contribution in [0.5, 0.6) is 0 Å². The maximum atomic E-state index is 12.4. The van der Waals surface area contributed by atoms with Gasteiger partial charge in [-0.2, -0.15) is 13.2 Å². The molecule has 6 heteroatoms. The second-order valence-electron chi connectivity index (χ2n) is 3.67. The third kappa shape index (κ3) is 2.37. The van der Waals surface area contributed by atoms with Gasteiger partial charge in [0, 0.05) is 6.04 Å². The third-order valence-corrected chi connectivity index (χ3v) is 2.63. The van der Waals surface area contributed by atoms with E-state index in [2.05, 4.69) is 0 Å². The molecule has 1 fully saturated rings. The fraction of sp³-hybridized carbons (Fsp3) is 0.875. The highest BCUT2D eigenvalue weighted by atomic mass is 19.4. The normalized spacial score (nSPS) is 34.1. The summed E-state index contributed by atoms with van der Waals surface area (Å²) in [6.45, 7) is 0. The molecule has 0 spiro atoms. The zero-order valence-corrected chi connectivity index (χ0v) is 7.42. The Labute approximate surface area is 79.1 Å². The Morgan fingerprint density at radius 3 is 2.36 bits per heavy atom. The van der Waals surface area contributed by atoms with Gasteiger partial charge in [0.1, 0.15) is 0 Å². The molecule has 82 valence electrons. The van der Waals surface area contributed by atoms with E-state index in [0.717, 1.165) is 0 Å². The van der Waals surface area contributed by atoms with Crippen molar-refractivity contribution < 1.29 is 23.1 Å². The number of nitrogens with two attached hydrogens (primary N) is 1. The average Bonchev–Trinajstić information content (AvgIpc) is 2.01. The van der Waals surface area contributed by atoms with Crippen molar-refractivity contribution in [2.45, 2.75) is 31.5 Å². The van der Waals surface area contributed by atoms with Crippen LogP contribution in [0.1, 0.15) is 19.3 Å². The Kier molecular flexibility index (Phi) is 3.04. The van der Waals surface area contributed by atoms with Crippen molar-refractivity contribution in [3.8, 4) is 0 Å². The molecule has 0 aliphatic heterocycles. The van der Waals surface area contributed by atoms with E-state index in [1.54, 1.807) is 0 Å². The van der Waals surface area contributed by atoms with Gasteiger partial charge >= 0.3 is 12.1 Å². The number of carboxylic acid groups (broad SMARTS) is 1. The highest BCUT2D eigenvalue weighted by molar-refractivity contribution is 5.70. The predicted molar refractivity (Wildman–Crippen MR) is 42.5 cm³/mol. The number of rotatable bonds is 1. The highest BCUT2D eigenvalue weighted by Gasteiger charge is 2.49. The first-order valence-electron chi connectivity index (χ1n) is 4.37. The zero-order valence-electron chi connectivity index (χ0n) is 7.42. The first-order chi connectivity index (χ1) is 6.32. The lowest BCUT2D eigenvalue weighted by atomic mass is 9.77. The van der Waals surface area contributed by atoms with Gasteiger partial charge in [-0.25, -0.2) is 0 Å². The first-order valence-corrected chi connectivity index (χ1v) is 4.37. The predicted octanol–water partition coefficient (Wildman–Crippen LogP) is 1.38. The Hall–Kier alpha value is -0.780. The van der Waals surface area contributed by atoms with E-state index < -0.39 is 30.0 Å². The molecular formula is C8H12F3NO2. The van der Waals surface area contributed by atoms with E-state index in [1.165, 1.54) is 0 Å². The van der Waals surface area contributed by atoms with Crippen molar-refractivity contribution in [3.05, 3.63) is 0 Å². The lowest BCUT2D eigenvalue weighted by Crippen LogP contribution is -2.43. The molecule has 0 aromatic heterocycles. The van der Waals surface area contributed by atoms with Crippen LogP contribution in [0.3, 0.4) is 0 Å². The summed E-state index contributed by atoms with van der Waals surface area (Å²) in [6, 6.07) is -0.530. The summed E-state index contributed by atoms with van der Waals surface area (Å²) in [4.78, 5) is 10.6. The van der Waals surface area contributed by atoms with Gasteiger partial charge in [-0.1, -0.05) is 0 Å². The largest absolute Gasteiger partial charge is 0.481 e. The zero-order chi connectivity index (χ0) is 10.9. The first kappa shape index (κ1) is 11.3. The molecule has 0 aromatic carbocycles. The monoisotopic (exact) mass is 211 g/mol. The Morgan fingerprint density at radius 2 is 1.93 bits per heavy atom. The lowest BCUT2D eigenvalue weighted by Gasteiger charge is -2.33. The van der Waals surface area contributed by atoms with Crippen molar-refractivity contribution in [3.63, 3.8) is 0 Å². The number of hydrogen-bond donors (Lipinski definition) is 2. The maximum Gasteiger partial charge on any atom is 0.392 e. The third-order valence-electron chi connectivity index (χ3n) is 2.63. The highest BCUT2D eigenvalue weighted by Crippen LogP contribution is 2.41. The smallest absolute Gasteiger partial charge is 0.392 e. The Bertz CT molecular complexity index is 229. The van der Waals surface area contributed by atoms with Crippen LogP contribution < -0.4 is 5.73 Å². The molecule has 1 aliphatic rings. The van der Waals surface area contributed by atoms with Gasteiger partial charge in [0.05, 0.1) is 11.8 Å². The van der Waals surface area contributed by atoms with Crippen LogP contribution in [0.25, 0.3) is 0 Å². The standard InChI is InChI=1S/C8H12F3NO2/c9-8(10,11)6-3-4(12)1-2-5(6)7(13)14/h4-6H,1-3,12H2,(H,13,14). The Balaban J connectivity index is 2.79. The maximum absolute atomic E-state index is 12.4. The number of alkyl halides is 3. The van der Waals surface area contributed by atoms with Gasteiger partial charge < -0.3 is 10.8 Å². The number of hydrogen-bond acceptors (Lipinski definition) is 2. The molecule has 1 saturated carbocycles. The number of carboxylic acids is 1. The molecule has 0 radical (unpaired) electrons. The van der Waals surface area contributed by atoms with Crippen LogP contribution in [-0.2, 0) is 4.79 Å². The van der Waals surface area contributed by atoms with E-state index in [0.29, 0.717) is 6.42 Å². The van der Waals surface area contributed by atoms with E-state index in [9.17, 15) is 18.0 Å². The van der Waals surface area contributed by atoms with Crippen LogP contribution >= 0.6 is 0 Å². The van der Waals surface area contributed by atoms with Gasteiger partial charge in [-0.05, 0) is 19.3 Å².